The van der Waals surface area contributed by atoms with Crippen molar-refractivity contribution in [1.82, 2.24) is 4.90 Å². The number of methoxy groups -OCH3 is 1. The van der Waals surface area contributed by atoms with Crippen LogP contribution in [0.1, 0.15) is 29.5 Å². The number of aryl methyl sites for hydroxylation is 2. The number of carbonyl (C=O) groups is 3. The van der Waals surface area contributed by atoms with Gasteiger partial charge in [0.2, 0.25) is 17.7 Å². The summed E-state index contributed by atoms with van der Waals surface area (Å²) in [4.78, 5) is 44.8. The fourth-order valence-corrected chi connectivity index (χ4v) is 6.65. The Bertz CT molecular complexity index is 1190. The third-order valence-electron chi connectivity index (χ3n) is 7.77. The zero-order valence-corrected chi connectivity index (χ0v) is 18.3. The number of nitrogens with zero attached hydrogens (tertiary/aromatic N) is 2. The standard InChI is InChI=1S/C25H25N3O4/c1-13-11-14(2)21-17(12-13)25(24(31)26-21)20-19(18-5-4-10-27(18)25)22(29)28(23(20)30)15-6-8-16(32-3)9-7-15/h6-9,11-12,18-20H,4-5,10H2,1-3H3,(H,26,31)/t18-,19-,20-,25+/m1/s1. The van der Waals surface area contributed by atoms with Gasteiger partial charge in [-0.05, 0) is 63.1 Å². The summed E-state index contributed by atoms with van der Waals surface area (Å²) < 4.78 is 5.22. The summed E-state index contributed by atoms with van der Waals surface area (Å²) >= 11 is 0. The van der Waals surface area contributed by atoms with Crippen molar-refractivity contribution in [2.75, 3.05) is 23.9 Å². The Morgan fingerprint density at radius 1 is 1.06 bits per heavy atom. The van der Waals surface area contributed by atoms with Gasteiger partial charge in [-0.1, -0.05) is 17.7 Å². The van der Waals surface area contributed by atoms with Crippen LogP contribution in [0.4, 0.5) is 11.4 Å². The molecule has 2 aromatic rings. The number of hydrogen-bond acceptors (Lipinski definition) is 5. The molecule has 4 heterocycles. The molecule has 164 valence electrons. The van der Waals surface area contributed by atoms with Crippen LogP contribution in [0.3, 0.4) is 0 Å². The number of ether oxygens (including phenoxy) is 1. The monoisotopic (exact) mass is 431 g/mol. The fraction of sp³-hybridized carbons (Fsp3) is 0.400. The molecule has 32 heavy (non-hydrogen) atoms. The van der Waals surface area contributed by atoms with Crippen molar-refractivity contribution in [2.45, 2.75) is 38.3 Å². The van der Waals surface area contributed by atoms with Crippen LogP contribution in [0.15, 0.2) is 36.4 Å². The maximum Gasteiger partial charge on any atom is 0.250 e. The summed E-state index contributed by atoms with van der Waals surface area (Å²) in [6, 6.07) is 10.9. The van der Waals surface area contributed by atoms with Gasteiger partial charge in [0.25, 0.3) is 0 Å². The van der Waals surface area contributed by atoms with Crippen molar-refractivity contribution in [2.24, 2.45) is 11.8 Å². The molecule has 3 amide bonds. The van der Waals surface area contributed by atoms with Crippen molar-refractivity contribution in [1.29, 1.82) is 0 Å². The third-order valence-corrected chi connectivity index (χ3v) is 7.77. The molecule has 4 atom stereocenters. The molecule has 0 radical (unpaired) electrons. The highest BCUT2D eigenvalue weighted by molar-refractivity contribution is 6.26. The molecule has 0 bridgehead atoms. The number of anilines is 2. The molecule has 1 N–H and O–H groups in total. The molecular formula is C25H25N3O4. The Labute approximate surface area is 186 Å². The van der Waals surface area contributed by atoms with Gasteiger partial charge < -0.3 is 10.1 Å². The van der Waals surface area contributed by atoms with Gasteiger partial charge in [0.05, 0.1) is 24.6 Å². The average Bonchev–Trinajstić information content (AvgIpc) is 3.47. The number of benzene rings is 2. The van der Waals surface area contributed by atoms with E-state index in [4.69, 9.17) is 4.74 Å². The Hall–Kier alpha value is -3.19. The molecule has 3 fully saturated rings. The second-order valence-electron chi connectivity index (χ2n) is 9.34. The first kappa shape index (κ1) is 19.5. The van der Waals surface area contributed by atoms with Crippen LogP contribution in [0.2, 0.25) is 0 Å². The van der Waals surface area contributed by atoms with Crippen molar-refractivity contribution in [3.63, 3.8) is 0 Å². The highest BCUT2D eigenvalue weighted by Crippen LogP contribution is 2.61. The molecule has 0 unspecified atom stereocenters. The van der Waals surface area contributed by atoms with Gasteiger partial charge in [0.1, 0.15) is 11.3 Å². The van der Waals surface area contributed by atoms with E-state index in [0.29, 0.717) is 18.0 Å². The smallest absolute Gasteiger partial charge is 0.250 e. The van der Waals surface area contributed by atoms with Gasteiger partial charge >= 0.3 is 0 Å². The van der Waals surface area contributed by atoms with E-state index in [9.17, 15) is 14.4 Å². The normalized spacial score (nSPS) is 30.7. The van der Waals surface area contributed by atoms with E-state index in [1.54, 1.807) is 31.4 Å². The fourth-order valence-electron chi connectivity index (χ4n) is 6.65. The van der Waals surface area contributed by atoms with Crippen molar-refractivity contribution in [3.8, 4) is 5.75 Å². The maximum atomic E-state index is 13.9. The van der Waals surface area contributed by atoms with Gasteiger partial charge in [-0.15, -0.1) is 0 Å². The van der Waals surface area contributed by atoms with E-state index in [1.165, 1.54) is 4.90 Å². The number of fused-ring (bicyclic) bond motifs is 7. The van der Waals surface area contributed by atoms with Gasteiger partial charge in [-0.25, -0.2) is 4.90 Å². The minimum Gasteiger partial charge on any atom is -0.497 e. The quantitative estimate of drug-likeness (QED) is 0.740. The lowest BCUT2D eigenvalue weighted by molar-refractivity contribution is -0.135. The summed E-state index contributed by atoms with van der Waals surface area (Å²) in [5.41, 5.74) is 3.04. The van der Waals surface area contributed by atoms with Crippen LogP contribution in [-0.4, -0.2) is 42.3 Å². The Balaban J connectivity index is 1.54. The molecule has 1 spiro atoms. The summed E-state index contributed by atoms with van der Waals surface area (Å²) in [6.07, 6.45) is 1.72. The summed E-state index contributed by atoms with van der Waals surface area (Å²) in [7, 11) is 1.57. The molecule has 6 rings (SSSR count). The van der Waals surface area contributed by atoms with Crippen LogP contribution >= 0.6 is 0 Å². The highest BCUT2D eigenvalue weighted by atomic mass is 16.5. The summed E-state index contributed by atoms with van der Waals surface area (Å²) in [6.45, 7) is 4.69. The number of nitrogens with one attached hydrogen (secondary N) is 1. The number of imide groups is 1. The largest absolute Gasteiger partial charge is 0.497 e. The van der Waals surface area contributed by atoms with Crippen molar-refractivity contribution >= 4 is 29.1 Å². The first-order valence-electron chi connectivity index (χ1n) is 11.1. The second-order valence-corrected chi connectivity index (χ2v) is 9.34. The molecule has 0 saturated carbocycles. The van der Waals surface area contributed by atoms with E-state index in [0.717, 1.165) is 35.2 Å². The number of hydrogen-bond donors (Lipinski definition) is 1. The van der Waals surface area contributed by atoms with E-state index < -0.39 is 17.4 Å². The molecule has 0 aromatic heterocycles. The van der Waals surface area contributed by atoms with Crippen LogP contribution in [0.25, 0.3) is 0 Å². The minimum absolute atomic E-state index is 0.114. The first-order valence-corrected chi connectivity index (χ1v) is 11.1. The molecule has 7 nitrogen and oxygen atoms in total. The van der Waals surface area contributed by atoms with E-state index >= 15 is 0 Å². The molecule has 4 aliphatic rings. The van der Waals surface area contributed by atoms with Gasteiger partial charge in [-0.3, -0.25) is 19.3 Å². The minimum atomic E-state index is -1.13. The Kier molecular flexibility index (Phi) is 3.91. The summed E-state index contributed by atoms with van der Waals surface area (Å²) in [5.74, 6) is -1.28. The summed E-state index contributed by atoms with van der Waals surface area (Å²) in [5, 5.41) is 3.08. The molecular weight excluding hydrogens is 406 g/mol. The SMILES string of the molecule is COc1ccc(N2C(=O)[C@@H]3[C@H]4CCCN4[C@]4(C(=O)Nc5c(C)cc(C)cc54)[C@H]3C2=O)cc1. The van der Waals surface area contributed by atoms with E-state index in [1.807, 2.05) is 26.0 Å². The van der Waals surface area contributed by atoms with Gasteiger partial charge in [0.15, 0.2) is 0 Å². The van der Waals surface area contributed by atoms with E-state index in [2.05, 4.69) is 10.2 Å². The van der Waals surface area contributed by atoms with Crippen molar-refractivity contribution < 1.29 is 19.1 Å². The second kappa shape index (κ2) is 6.42. The molecule has 2 aromatic carbocycles. The van der Waals surface area contributed by atoms with Crippen LogP contribution in [0.5, 0.6) is 5.75 Å². The average molecular weight is 431 g/mol. The van der Waals surface area contributed by atoms with Crippen LogP contribution in [0, 0.1) is 25.7 Å². The highest BCUT2D eigenvalue weighted by Gasteiger charge is 2.74. The zero-order chi connectivity index (χ0) is 22.4. The first-order chi connectivity index (χ1) is 15.4. The number of amides is 3. The topological polar surface area (TPSA) is 79.0 Å². The lowest BCUT2D eigenvalue weighted by Gasteiger charge is -2.36. The Morgan fingerprint density at radius 2 is 1.81 bits per heavy atom. The van der Waals surface area contributed by atoms with Gasteiger partial charge in [-0.2, -0.15) is 0 Å². The zero-order valence-electron chi connectivity index (χ0n) is 18.3. The van der Waals surface area contributed by atoms with Crippen LogP contribution < -0.4 is 15.0 Å². The number of rotatable bonds is 2. The molecule has 3 saturated heterocycles. The van der Waals surface area contributed by atoms with Crippen LogP contribution in [-0.2, 0) is 19.9 Å². The molecule has 0 aliphatic carbocycles. The lowest BCUT2D eigenvalue weighted by atomic mass is 9.75. The predicted octanol–water partition coefficient (Wildman–Crippen LogP) is 2.74. The Morgan fingerprint density at radius 3 is 2.53 bits per heavy atom. The van der Waals surface area contributed by atoms with E-state index in [-0.39, 0.29) is 23.8 Å². The number of carbonyl (C=O) groups excluding carboxylic acids is 3. The molecule has 7 heteroatoms. The van der Waals surface area contributed by atoms with Crippen molar-refractivity contribution in [3.05, 3.63) is 53.1 Å². The third kappa shape index (κ3) is 2.17. The maximum absolute atomic E-state index is 13.9. The molecule has 4 aliphatic heterocycles. The lowest BCUT2D eigenvalue weighted by Crippen LogP contribution is -2.54. The van der Waals surface area contributed by atoms with Gasteiger partial charge in [0, 0.05) is 17.3 Å². The predicted molar refractivity (Wildman–Crippen MR) is 118 cm³/mol.